The first-order valence-electron chi connectivity index (χ1n) is 10.5. The smallest absolute Gasteiger partial charge is 0.213 e. The standard InChI is InChI=1S/C22H21Cl2N5O3S/c23-14-5-6-15(24)18(13-14)33(30,31)20-19-22(27-17-4-2-1-3-16(17)26-19)29(21(20)25)8-7-28-9-11-32-12-10-28/h1-6,13H,7-12,25H2/p+1. The van der Waals surface area contributed by atoms with Crippen LogP contribution in [0.5, 0.6) is 0 Å². The number of aromatic nitrogens is 3. The normalized spacial score (nSPS) is 15.5. The maximum atomic E-state index is 13.8. The maximum Gasteiger partial charge on any atom is 0.213 e. The highest BCUT2D eigenvalue weighted by Gasteiger charge is 2.32. The number of anilines is 1. The van der Waals surface area contributed by atoms with Gasteiger partial charge >= 0.3 is 0 Å². The quantitative estimate of drug-likeness (QED) is 0.430. The lowest BCUT2D eigenvalue weighted by molar-refractivity contribution is -0.908. The highest BCUT2D eigenvalue weighted by Crippen LogP contribution is 2.38. The minimum Gasteiger partial charge on any atom is -0.384 e. The van der Waals surface area contributed by atoms with Crippen LogP contribution < -0.4 is 10.6 Å². The molecule has 0 unspecified atom stereocenters. The van der Waals surface area contributed by atoms with Crippen LogP contribution in [0.1, 0.15) is 0 Å². The van der Waals surface area contributed by atoms with Crippen LogP contribution in [0.2, 0.25) is 10.0 Å². The number of hydrogen-bond acceptors (Lipinski definition) is 6. The summed E-state index contributed by atoms with van der Waals surface area (Å²) in [4.78, 5) is 10.5. The molecule has 0 bridgehead atoms. The SMILES string of the molecule is Nc1c(S(=O)(=O)c2cc(Cl)ccc2Cl)c2nc3ccccc3nc2n1CC[NH+]1CCOCC1. The molecular formula is C22H22Cl2N5O3S+. The molecule has 5 rings (SSSR count). The first-order valence-corrected chi connectivity index (χ1v) is 12.8. The Morgan fingerprint density at radius 1 is 1.06 bits per heavy atom. The van der Waals surface area contributed by atoms with Gasteiger partial charge in [-0.1, -0.05) is 35.3 Å². The zero-order chi connectivity index (χ0) is 23.2. The number of benzene rings is 2. The van der Waals surface area contributed by atoms with Crippen LogP contribution >= 0.6 is 23.2 Å². The summed E-state index contributed by atoms with van der Waals surface area (Å²) in [5.41, 5.74) is 8.39. The molecule has 0 amide bonds. The third kappa shape index (κ3) is 4.04. The molecule has 8 nitrogen and oxygen atoms in total. The third-order valence-corrected chi connectivity index (χ3v) is 8.42. The summed E-state index contributed by atoms with van der Waals surface area (Å²) in [6.07, 6.45) is 0. The van der Waals surface area contributed by atoms with Crippen molar-refractivity contribution in [3.05, 3.63) is 52.5 Å². The molecule has 0 spiro atoms. The number of rotatable bonds is 5. The Hall–Kier alpha value is -2.43. The molecule has 0 aliphatic carbocycles. The Kier molecular flexibility index (Phi) is 5.92. The van der Waals surface area contributed by atoms with E-state index in [1.165, 1.54) is 23.1 Å². The molecule has 1 fully saturated rings. The average molecular weight is 507 g/mol. The van der Waals surface area contributed by atoms with E-state index in [9.17, 15) is 8.42 Å². The fraction of sp³-hybridized carbons (Fsp3) is 0.273. The molecule has 2 aromatic heterocycles. The van der Waals surface area contributed by atoms with Crippen molar-refractivity contribution in [1.29, 1.82) is 0 Å². The lowest BCUT2D eigenvalue weighted by atomic mass is 10.3. The highest BCUT2D eigenvalue weighted by atomic mass is 35.5. The average Bonchev–Trinajstić information content (AvgIpc) is 3.09. The predicted octanol–water partition coefficient (Wildman–Crippen LogP) is 2.22. The predicted molar refractivity (Wildman–Crippen MR) is 128 cm³/mol. The number of quaternary nitrogens is 1. The van der Waals surface area contributed by atoms with E-state index in [2.05, 4.69) is 4.98 Å². The Morgan fingerprint density at radius 3 is 2.48 bits per heavy atom. The molecule has 11 heteroatoms. The van der Waals surface area contributed by atoms with E-state index in [4.69, 9.17) is 38.7 Å². The van der Waals surface area contributed by atoms with E-state index in [1.807, 2.05) is 18.2 Å². The minimum absolute atomic E-state index is 0.0613. The van der Waals surface area contributed by atoms with Crippen LogP contribution in [0, 0.1) is 0 Å². The summed E-state index contributed by atoms with van der Waals surface area (Å²) >= 11 is 12.3. The minimum atomic E-state index is -4.13. The van der Waals surface area contributed by atoms with Crippen LogP contribution in [0.15, 0.2) is 52.3 Å². The van der Waals surface area contributed by atoms with Crippen molar-refractivity contribution in [3.63, 3.8) is 0 Å². The molecule has 1 saturated heterocycles. The number of nitrogens with two attached hydrogens (primary N) is 1. The van der Waals surface area contributed by atoms with Crippen LogP contribution in [0.4, 0.5) is 5.82 Å². The molecule has 2 aromatic carbocycles. The third-order valence-electron chi connectivity index (χ3n) is 5.89. The summed E-state index contributed by atoms with van der Waals surface area (Å²) in [7, 11) is -4.13. The number of halogens is 2. The summed E-state index contributed by atoms with van der Waals surface area (Å²) in [6.45, 7) is 4.42. The van der Waals surface area contributed by atoms with Gasteiger partial charge in [-0.05, 0) is 30.3 Å². The molecule has 3 heterocycles. The molecule has 0 saturated carbocycles. The van der Waals surface area contributed by atoms with E-state index < -0.39 is 9.84 Å². The van der Waals surface area contributed by atoms with Crippen LogP contribution in [-0.4, -0.2) is 55.8 Å². The number of fused-ring (bicyclic) bond motifs is 2. The number of nitrogen functional groups attached to an aromatic ring is 1. The number of hydrogen-bond donors (Lipinski definition) is 2. The number of nitrogens with one attached hydrogen (secondary N) is 1. The number of nitrogens with zero attached hydrogens (tertiary/aromatic N) is 3. The maximum absolute atomic E-state index is 13.8. The van der Waals surface area contributed by atoms with Gasteiger partial charge in [0.25, 0.3) is 0 Å². The molecule has 0 radical (unpaired) electrons. The number of morpholine rings is 1. The van der Waals surface area contributed by atoms with Gasteiger partial charge in [0.2, 0.25) is 9.84 Å². The fourth-order valence-corrected chi connectivity index (χ4v) is 6.42. The van der Waals surface area contributed by atoms with Gasteiger partial charge in [-0.25, -0.2) is 18.4 Å². The van der Waals surface area contributed by atoms with Gasteiger partial charge in [0, 0.05) is 5.02 Å². The Bertz CT molecular complexity index is 1470. The van der Waals surface area contributed by atoms with Crippen molar-refractivity contribution in [3.8, 4) is 0 Å². The Morgan fingerprint density at radius 2 is 1.76 bits per heavy atom. The van der Waals surface area contributed by atoms with Crippen molar-refractivity contribution in [2.45, 2.75) is 16.3 Å². The monoisotopic (exact) mass is 506 g/mol. The molecule has 0 atom stereocenters. The highest BCUT2D eigenvalue weighted by molar-refractivity contribution is 7.92. The number of para-hydroxylation sites is 2. The Balaban J connectivity index is 1.71. The van der Waals surface area contributed by atoms with Gasteiger partial charge in [0.1, 0.15) is 29.3 Å². The fourth-order valence-electron chi connectivity index (χ4n) is 4.15. The van der Waals surface area contributed by atoms with Crippen LogP contribution in [-0.2, 0) is 21.1 Å². The van der Waals surface area contributed by atoms with Crippen molar-refractivity contribution >= 4 is 61.1 Å². The van der Waals surface area contributed by atoms with Gasteiger partial charge in [-0.2, -0.15) is 0 Å². The van der Waals surface area contributed by atoms with Crippen LogP contribution in [0.25, 0.3) is 22.2 Å². The van der Waals surface area contributed by atoms with Gasteiger partial charge < -0.3 is 19.9 Å². The summed E-state index contributed by atoms with van der Waals surface area (Å²) < 4.78 is 34.7. The van der Waals surface area contributed by atoms with E-state index in [-0.39, 0.29) is 31.2 Å². The number of sulfone groups is 1. The second-order valence-electron chi connectivity index (χ2n) is 7.94. The van der Waals surface area contributed by atoms with Crippen LogP contribution in [0.3, 0.4) is 0 Å². The van der Waals surface area contributed by atoms with E-state index in [0.717, 1.165) is 19.6 Å². The molecule has 1 aliphatic rings. The summed E-state index contributed by atoms with van der Waals surface area (Å²) in [5.74, 6) is 0.0870. The van der Waals surface area contributed by atoms with Gasteiger partial charge in [0.15, 0.2) is 5.65 Å². The van der Waals surface area contributed by atoms with Crippen molar-refractivity contribution < 1.29 is 18.1 Å². The second-order valence-corrected chi connectivity index (χ2v) is 10.6. The van der Waals surface area contributed by atoms with Gasteiger partial charge in [-0.15, -0.1) is 0 Å². The second kappa shape index (κ2) is 8.73. The zero-order valence-corrected chi connectivity index (χ0v) is 19.9. The largest absolute Gasteiger partial charge is 0.384 e. The molecule has 33 heavy (non-hydrogen) atoms. The first kappa shape index (κ1) is 22.4. The molecule has 3 N–H and O–H groups in total. The Labute approximate surface area is 200 Å². The first-order chi connectivity index (χ1) is 15.9. The van der Waals surface area contributed by atoms with Crippen molar-refractivity contribution in [2.24, 2.45) is 0 Å². The molecular weight excluding hydrogens is 485 g/mol. The van der Waals surface area contributed by atoms with Crippen molar-refractivity contribution in [2.75, 3.05) is 38.6 Å². The lowest BCUT2D eigenvalue weighted by Gasteiger charge is -2.24. The van der Waals surface area contributed by atoms with E-state index in [1.54, 1.807) is 10.6 Å². The summed E-state index contributed by atoms with van der Waals surface area (Å²) in [5, 5.41) is 0.318. The zero-order valence-electron chi connectivity index (χ0n) is 17.6. The van der Waals surface area contributed by atoms with E-state index in [0.29, 0.717) is 36.4 Å². The van der Waals surface area contributed by atoms with E-state index >= 15 is 0 Å². The lowest BCUT2D eigenvalue weighted by Crippen LogP contribution is -3.14. The van der Waals surface area contributed by atoms with Gasteiger partial charge in [-0.3, -0.25) is 0 Å². The molecule has 1 aliphatic heterocycles. The van der Waals surface area contributed by atoms with Crippen molar-refractivity contribution in [1.82, 2.24) is 14.5 Å². The summed E-state index contributed by atoms with van der Waals surface area (Å²) in [6, 6.07) is 11.6. The van der Waals surface area contributed by atoms with Gasteiger partial charge in [0.05, 0.1) is 47.3 Å². The molecule has 4 aromatic rings. The number of ether oxygens (including phenoxy) is 1. The molecule has 172 valence electrons. The topological polar surface area (TPSA) is 105 Å².